The van der Waals surface area contributed by atoms with E-state index in [9.17, 15) is 0 Å². The van der Waals surface area contributed by atoms with E-state index in [1.165, 1.54) is 11.1 Å². The molecule has 0 N–H and O–H groups in total. The largest absolute Gasteiger partial charge is 0.346 e. The lowest BCUT2D eigenvalue weighted by atomic mass is 10.1. The third-order valence-corrected chi connectivity index (χ3v) is 6.34. The van der Waals surface area contributed by atoms with Crippen molar-refractivity contribution in [1.82, 2.24) is 14.7 Å². The number of aliphatic imine (C=N–C) groups is 1. The third kappa shape index (κ3) is 4.42. The van der Waals surface area contributed by atoms with Crippen LogP contribution in [0.3, 0.4) is 0 Å². The van der Waals surface area contributed by atoms with Crippen molar-refractivity contribution >= 4 is 22.6 Å². The van der Waals surface area contributed by atoms with Crippen LogP contribution < -0.4 is 0 Å². The summed E-state index contributed by atoms with van der Waals surface area (Å²) < 4.78 is 1.99. The standard InChI is InChI=1S/C26H24N4S/c1-20-12-14-21(15-13-20)25-22(19-30(28-25)24-10-6-3-7-11-24)18-29-16-17-31-26(29)27-23-8-4-2-5-9-23/h2-15,19H,16-18H2,1H3. The zero-order valence-corrected chi connectivity index (χ0v) is 18.3. The van der Waals surface area contributed by atoms with Gasteiger partial charge in [-0.25, -0.2) is 9.67 Å². The van der Waals surface area contributed by atoms with Gasteiger partial charge in [0.15, 0.2) is 5.17 Å². The van der Waals surface area contributed by atoms with Crippen LogP contribution in [0.1, 0.15) is 11.1 Å². The van der Waals surface area contributed by atoms with Crippen LogP contribution in [0.5, 0.6) is 0 Å². The molecule has 1 fully saturated rings. The summed E-state index contributed by atoms with van der Waals surface area (Å²) in [5.74, 6) is 1.05. The van der Waals surface area contributed by atoms with Crippen molar-refractivity contribution in [3.05, 3.63) is 102 Å². The summed E-state index contributed by atoms with van der Waals surface area (Å²) >= 11 is 1.82. The van der Waals surface area contributed by atoms with Gasteiger partial charge in [-0.2, -0.15) is 5.10 Å². The number of aromatic nitrogens is 2. The molecule has 0 aliphatic carbocycles. The second kappa shape index (κ2) is 8.82. The Balaban J connectivity index is 1.51. The zero-order valence-electron chi connectivity index (χ0n) is 17.5. The minimum Gasteiger partial charge on any atom is -0.346 e. The van der Waals surface area contributed by atoms with Gasteiger partial charge in [0.25, 0.3) is 0 Å². The van der Waals surface area contributed by atoms with Crippen LogP contribution in [-0.4, -0.2) is 32.1 Å². The van der Waals surface area contributed by atoms with Gasteiger partial charge in [0.1, 0.15) is 0 Å². The number of nitrogens with zero attached hydrogens (tertiary/aromatic N) is 4. The van der Waals surface area contributed by atoms with Crippen LogP contribution >= 0.6 is 11.8 Å². The van der Waals surface area contributed by atoms with Crippen molar-refractivity contribution in [3.8, 4) is 16.9 Å². The van der Waals surface area contributed by atoms with Crippen LogP contribution in [0, 0.1) is 6.92 Å². The quantitative estimate of drug-likeness (QED) is 0.389. The fraction of sp³-hybridized carbons (Fsp3) is 0.154. The lowest BCUT2D eigenvalue weighted by Crippen LogP contribution is -2.23. The van der Waals surface area contributed by atoms with E-state index < -0.39 is 0 Å². The van der Waals surface area contributed by atoms with Gasteiger partial charge in [-0.3, -0.25) is 0 Å². The van der Waals surface area contributed by atoms with Crippen molar-refractivity contribution in [2.75, 3.05) is 12.3 Å². The number of hydrogen-bond donors (Lipinski definition) is 0. The Morgan fingerprint density at radius 2 is 1.61 bits per heavy atom. The smallest absolute Gasteiger partial charge is 0.164 e. The van der Waals surface area contributed by atoms with Crippen molar-refractivity contribution in [1.29, 1.82) is 0 Å². The molecule has 5 rings (SSSR count). The number of thioether (sulfide) groups is 1. The van der Waals surface area contributed by atoms with Gasteiger partial charge in [0.2, 0.25) is 0 Å². The first kappa shape index (κ1) is 19.6. The number of benzene rings is 3. The van der Waals surface area contributed by atoms with Crippen molar-refractivity contribution in [3.63, 3.8) is 0 Å². The van der Waals surface area contributed by atoms with Gasteiger partial charge in [0.05, 0.1) is 17.1 Å². The van der Waals surface area contributed by atoms with Crippen LogP contribution in [0.4, 0.5) is 5.69 Å². The van der Waals surface area contributed by atoms with E-state index in [1.54, 1.807) is 0 Å². The predicted molar refractivity (Wildman–Crippen MR) is 130 cm³/mol. The number of para-hydroxylation sites is 2. The molecule has 0 atom stereocenters. The fourth-order valence-corrected chi connectivity index (χ4v) is 4.70. The van der Waals surface area contributed by atoms with Crippen LogP contribution in [-0.2, 0) is 6.54 Å². The molecule has 0 bridgehead atoms. The molecular weight excluding hydrogens is 400 g/mol. The molecule has 0 unspecified atom stereocenters. The number of hydrogen-bond acceptors (Lipinski definition) is 3. The highest BCUT2D eigenvalue weighted by Gasteiger charge is 2.23. The summed E-state index contributed by atoms with van der Waals surface area (Å²) in [6.07, 6.45) is 2.16. The van der Waals surface area contributed by atoms with E-state index in [0.717, 1.165) is 46.6 Å². The normalized spacial score (nSPS) is 15.0. The maximum Gasteiger partial charge on any atom is 0.164 e. The molecule has 0 amide bonds. The van der Waals surface area contributed by atoms with Gasteiger partial charge < -0.3 is 4.90 Å². The molecule has 2 heterocycles. The summed E-state index contributed by atoms with van der Waals surface area (Å²) in [5, 5.41) is 6.05. The molecule has 3 aromatic carbocycles. The van der Waals surface area contributed by atoms with E-state index >= 15 is 0 Å². The Bertz CT molecular complexity index is 1180. The molecule has 0 spiro atoms. The molecular formula is C26H24N4S. The second-order valence-corrected chi connectivity index (χ2v) is 8.71. The topological polar surface area (TPSA) is 33.4 Å². The zero-order chi connectivity index (χ0) is 21.0. The van der Waals surface area contributed by atoms with Gasteiger partial charge in [0, 0.05) is 36.2 Å². The fourth-order valence-electron chi connectivity index (χ4n) is 3.70. The van der Waals surface area contributed by atoms with Crippen molar-refractivity contribution in [2.24, 2.45) is 4.99 Å². The number of rotatable bonds is 5. The molecule has 4 nitrogen and oxygen atoms in total. The van der Waals surface area contributed by atoms with Crippen LogP contribution in [0.2, 0.25) is 0 Å². The Kier molecular flexibility index (Phi) is 5.59. The summed E-state index contributed by atoms with van der Waals surface area (Å²) in [6.45, 7) is 3.88. The SMILES string of the molecule is Cc1ccc(-c2nn(-c3ccccc3)cc2CN2CCSC2=Nc2ccccc2)cc1. The number of amidine groups is 1. The Morgan fingerprint density at radius 1 is 0.903 bits per heavy atom. The lowest BCUT2D eigenvalue weighted by Gasteiger charge is -2.17. The highest BCUT2D eigenvalue weighted by Crippen LogP contribution is 2.29. The van der Waals surface area contributed by atoms with E-state index in [-0.39, 0.29) is 0 Å². The van der Waals surface area contributed by atoms with Gasteiger partial charge in [-0.05, 0) is 31.2 Å². The molecule has 1 saturated heterocycles. The lowest BCUT2D eigenvalue weighted by molar-refractivity contribution is 0.458. The Labute approximate surface area is 187 Å². The van der Waals surface area contributed by atoms with Crippen molar-refractivity contribution in [2.45, 2.75) is 13.5 Å². The van der Waals surface area contributed by atoms with Crippen LogP contribution in [0.15, 0.2) is 96.1 Å². The molecule has 1 aliphatic heterocycles. The minimum absolute atomic E-state index is 0.786. The van der Waals surface area contributed by atoms with Gasteiger partial charge in [-0.15, -0.1) is 0 Å². The molecule has 5 heteroatoms. The van der Waals surface area contributed by atoms with Gasteiger partial charge >= 0.3 is 0 Å². The van der Waals surface area contributed by atoms with E-state index in [0.29, 0.717) is 0 Å². The van der Waals surface area contributed by atoms with E-state index in [2.05, 4.69) is 66.6 Å². The molecule has 154 valence electrons. The Morgan fingerprint density at radius 3 is 2.35 bits per heavy atom. The molecule has 1 aliphatic rings. The highest BCUT2D eigenvalue weighted by molar-refractivity contribution is 8.14. The van der Waals surface area contributed by atoms with Crippen LogP contribution in [0.25, 0.3) is 16.9 Å². The monoisotopic (exact) mass is 424 g/mol. The molecule has 0 saturated carbocycles. The first-order valence-corrected chi connectivity index (χ1v) is 11.5. The molecule has 0 radical (unpaired) electrons. The predicted octanol–water partition coefficient (Wildman–Crippen LogP) is 6.08. The summed E-state index contributed by atoms with van der Waals surface area (Å²) in [5.41, 5.74) is 6.69. The van der Waals surface area contributed by atoms with Gasteiger partial charge in [-0.1, -0.05) is 78.0 Å². The van der Waals surface area contributed by atoms with E-state index in [4.69, 9.17) is 10.1 Å². The average molecular weight is 425 g/mol. The average Bonchev–Trinajstić information content (AvgIpc) is 3.43. The first-order chi connectivity index (χ1) is 15.3. The minimum atomic E-state index is 0.786. The highest BCUT2D eigenvalue weighted by atomic mass is 32.2. The maximum absolute atomic E-state index is 4.97. The summed E-state index contributed by atoms with van der Waals surface area (Å²) in [4.78, 5) is 7.26. The molecule has 31 heavy (non-hydrogen) atoms. The summed E-state index contributed by atoms with van der Waals surface area (Å²) in [6, 6.07) is 29.1. The summed E-state index contributed by atoms with van der Waals surface area (Å²) in [7, 11) is 0. The molecule has 1 aromatic heterocycles. The maximum atomic E-state index is 4.97. The third-order valence-electron chi connectivity index (χ3n) is 5.34. The second-order valence-electron chi connectivity index (χ2n) is 7.65. The molecule has 4 aromatic rings. The van der Waals surface area contributed by atoms with E-state index in [1.807, 2.05) is 52.8 Å². The number of aryl methyl sites for hydroxylation is 1. The van der Waals surface area contributed by atoms with Crippen molar-refractivity contribution < 1.29 is 0 Å². The Hall–Kier alpha value is -3.31. The first-order valence-electron chi connectivity index (χ1n) is 10.5.